The smallest absolute Gasteiger partial charge is 0.428 e. The lowest BCUT2D eigenvalue weighted by atomic mass is 9.91. The Labute approximate surface area is 126 Å². The van der Waals surface area contributed by atoms with Crippen LogP contribution in [0.3, 0.4) is 0 Å². The Morgan fingerprint density at radius 2 is 1.82 bits per heavy atom. The van der Waals surface area contributed by atoms with Crippen LogP contribution in [-0.2, 0) is 9.53 Å². The van der Waals surface area contributed by atoms with Gasteiger partial charge < -0.3 is 14.6 Å². The molecular formula is C15H17F3O4. The molecule has 1 aromatic rings. The Bertz CT molecular complexity index is 537. The summed E-state index contributed by atoms with van der Waals surface area (Å²) in [5, 5.41) is 9.79. The maximum atomic E-state index is 13.1. The van der Waals surface area contributed by atoms with E-state index in [1.165, 1.54) is 38.3 Å². The molecule has 4 nitrogen and oxygen atoms in total. The number of carbonyl (C=O) groups is 1. The van der Waals surface area contributed by atoms with E-state index in [9.17, 15) is 23.1 Å². The monoisotopic (exact) mass is 318 g/mol. The van der Waals surface area contributed by atoms with E-state index in [-0.39, 0.29) is 12.2 Å². The fourth-order valence-corrected chi connectivity index (χ4v) is 1.78. The molecule has 0 heterocycles. The van der Waals surface area contributed by atoms with Crippen molar-refractivity contribution in [2.75, 3.05) is 13.7 Å². The summed E-state index contributed by atoms with van der Waals surface area (Å²) < 4.78 is 48.5. The average molecular weight is 318 g/mol. The third-order valence-electron chi connectivity index (χ3n) is 3.05. The lowest BCUT2D eigenvalue weighted by molar-refractivity contribution is -0.260. The normalized spacial score (nSPS) is 14.1. The lowest BCUT2D eigenvalue weighted by Crippen LogP contribution is -2.53. The first-order chi connectivity index (χ1) is 10.2. The summed E-state index contributed by atoms with van der Waals surface area (Å²) in [5.41, 5.74) is -3.32. The van der Waals surface area contributed by atoms with Crippen molar-refractivity contribution in [3.63, 3.8) is 0 Å². The lowest BCUT2D eigenvalue weighted by Gasteiger charge is -2.28. The largest absolute Gasteiger partial charge is 0.497 e. The van der Waals surface area contributed by atoms with Crippen LogP contribution < -0.4 is 4.74 Å². The van der Waals surface area contributed by atoms with E-state index in [2.05, 4.69) is 11.3 Å². The van der Waals surface area contributed by atoms with E-state index in [1.54, 1.807) is 0 Å². The molecule has 0 aliphatic carbocycles. The second kappa shape index (κ2) is 6.83. The van der Waals surface area contributed by atoms with Crippen LogP contribution in [0.1, 0.15) is 18.9 Å². The molecule has 0 bridgehead atoms. The molecule has 7 heteroatoms. The van der Waals surface area contributed by atoms with Crippen molar-refractivity contribution in [1.82, 2.24) is 0 Å². The van der Waals surface area contributed by atoms with Gasteiger partial charge in [0.25, 0.3) is 5.60 Å². The molecule has 1 rings (SSSR count). The zero-order valence-electron chi connectivity index (χ0n) is 12.2. The number of ether oxygens (including phenoxy) is 2. The van der Waals surface area contributed by atoms with Crippen LogP contribution in [0.5, 0.6) is 5.75 Å². The van der Waals surface area contributed by atoms with Crippen LogP contribution in [0.25, 0.3) is 5.57 Å². The molecule has 122 valence electrons. The number of esters is 1. The minimum Gasteiger partial charge on any atom is -0.497 e. The number of methoxy groups -OCH3 is 1. The molecule has 0 aromatic heterocycles. The summed E-state index contributed by atoms with van der Waals surface area (Å²) in [4.78, 5) is 11.5. The number of carbonyl (C=O) groups excluding carboxylic acids is 1. The van der Waals surface area contributed by atoms with Gasteiger partial charge in [0.05, 0.1) is 13.7 Å². The Morgan fingerprint density at radius 3 is 2.23 bits per heavy atom. The zero-order valence-corrected chi connectivity index (χ0v) is 12.2. The van der Waals surface area contributed by atoms with Crippen LogP contribution in [0.4, 0.5) is 13.2 Å². The van der Waals surface area contributed by atoms with Gasteiger partial charge in [-0.25, -0.2) is 4.79 Å². The third-order valence-corrected chi connectivity index (χ3v) is 3.05. The number of benzene rings is 1. The van der Waals surface area contributed by atoms with E-state index in [0.29, 0.717) is 11.3 Å². The van der Waals surface area contributed by atoms with Crippen molar-refractivity contribution in [1.29, 1.82) is 0 Å². The summed E-state index contributed by atoms with van der Waals surface area (Å²) in [6.07, 6.45) is -6.18. The summed E-state index contributed by atoms with van der Waals surface area (Å²) in [7, 11) is 1.45. The number of halogens is 3. The maximum Gasteiger partial charge on any atom is 0.428 e. The number of hydrogen-bond donors (Lipinski definition) is 1. The highest BCUT2D eigenvalue weighted by atomic mass is 19.4. The SMILES string of the molecule is C=C(CC(O)(C(=O)OCC)C(F)(F)F)c1ccc(OC)cc1. The second-order valence-corrected chi connectivity index (χ2v) is 4.59. The number of hydrogen-bond acceptors (Lipinski definition) is 4. The highest BCUT2D eigenvalue weighted by molar-refractivity contribution is 5.83. The molecule has 0 spiro atoms. The quantitative estimate of drug-likeness (QED) is 0.819. The molecule has 1 atom stereocenters. The van der Waals surface area contributed by atoms with Crippen LogP contribution in [0.2, 0.25) is 0 Å². The standard InChI is InChI=1S/C15H17F3O4/c1-4-22-13(19)14(20,15(16,17)18)9-10(2)11-5-7-12(21-3)8-6-11/h5-8,20H,2,4,9H2,1,3H3. The summed E-state index contributed by atoms with van der Waals surface area (Å²) in [5.74, 6) is -1.22. The van der Waals surface area contributed by atoms with E-state index in [0.717, 1.165) is 0 Å². The maximum absolute atomic E-state index is 13.1. The van der Waals surface area contributed by atoms with Crippen molar-refractivity contribution in [3.05, 3.63) is 36.4 Å². The molecular weight excluding hydrogens is 301 g/mol. The summed E-state index contributed by atoms with van der Waals surface area (Å²) >= 11 is 0. The summed E-state index contributed by atoms with van der Waals surface area (Å²) in [6, 6.07) is 6.06. The van der Waals surface area contributed by atoms with Crippen molar-refractivity contribution < 1.29 is 32.5 Å². The molecule has 0 amide bonds. The molecule has 0 saturated carbocycles. The first-order valence-electron chi connectivity index (χ1n) is 6.44. The Balaban J connectivity index is 3.03. The van der Waals surface area contributed by atoms with Crippen LogP contribution in [0.15, 0.2) is 30.8 Å². The molecule has 0 aliphatic heterocycles. The Kier molecular flexibility index (Phi) is 5.59. The number of rotatable bonds is 6. The Hall–Kier alpha value is -2.02. The molecule has 0 fully saturated rings. The summed E-state index contributed by atoms with van der Waals surface area (Å²) in [6.45, 7) is 4.60. The van der Waals surface area contributed by atoms with Crippen molar-refractivity contribution >= 4 is 11.5 Å². The fourth-order valence-electron chi connectivity index (χ4n) is 1.78. The average Bonchev–Trinajstić information content (AvgIpc) is 2.46. The van der Waals surface area contributed by atoms with E-state index >= 15 is 0 Å². The van der Waals surface area contributed by atoms with Gasteiger partial charge in [0.2, 0.25) is 0 Å². The molecule has 0 aliphatic rings. The van der Waals surface area contributed by atoms with Crippen molar-refractivity contribution in [2.45, 2.75) is 25.1 Å². The van der Waals surface area contributed by atoms with Crippen LogP contribution >= 0.6 is 0 Å². The van der Waals surface area contributed by atoms with Gasteiger partial charge >= 0.3 is 12.1 Å². The first kappa shape index (κ1) is 18.0. The first-order valence-corrected chi connectivity index (χ1v) is 6.44. The molecule has 0 saturated heterocycles. The van der Waals surface area contributed by atoms with Gasteiger partial charge in [-0.3, -0.25) is 0 Å². The van der Waals surface area contributed by atoms with Gasteiger partial charge in [0.15, 0.2) is 0 Å². The molecule has 1 N–H and O–H groups in total. The highest BCUT2D eigenvalue weighted by Gasteiger charge is 2.60. The molecule has 1 unspecified atom stereocenters. The van der Waals surface area contributed by atoms with Gasteiger partial charge in [-0.05, 0) is 30.2 Å². The van der Waals surface area contributed by atoms with Gasteiger partial charge in [-0.2, -0.15) is 13.2 Å². The highest BCUT2D eigenvalue weighted by Crippen LogP contribution is 2.38. The predicted molar refractivity (Wildman–Crippen MR) is 74.3 cm³/mol. The van der Waals surface area contributed by atoms with Crippen LogP contribution in [-0.4, -0.2) is 36.6 Å². The Morgan fingerprint density at radius 1 is 1.27 bits per heavy atom. The molecule has 1 aromatic carbocycles. The number of alkyl halides is 3. The minimum absolute atomic E-state index is 0.0458. The van der Waals surface area contributed by atoms with Gasteiger partial charge in [0, 0.05) is 6.42 Å². The minimum atomic E-state index is -5.17. The second-order valence-electron chi connectivity index (χ2n) is 4.59. The van der Waals surface area contributed by atoms with Gasteiger partial charge in [-0.15, -0.1) is 0 Å². The molecule has 22 heavy (non-hydrogen) atoms. The number of aliphatic hydroxyl groups is 1. The third kappa shape index (κ3) is 3.79. The zero-order chi connectivity index (χ0) is 17.0. The van der Waals surface area contributed by atoms with E-state index < -0.39 is 24.2 Å². The van der Waals surface area contributed by atoms with Crippen molar-refractivity contribution in [3.8, 4) is 5.75 Å². The van der Waals surface area contributed by atoms with Gasteiger partial charge in [0.1, 0.15) is 5.75 Å². The molecule has 0 radical (unpaired) electrons. The van der Waals surface area contributed by atoms with Crippen LogP contribution in [0, 0.1) is 0 Å². The topological polar surface area (TPSA) is 55.8 Å². The van der Waals surface area contributed by atoms with Crippen molar-refractivity contribution in [2.24, 2.45) is 0 Å². The van der Waals surface area contributed by atoms with E-state index in [1.807, 2.05) is 0 Å². The van der Waals surface area contributed by atoms with Gasteiger partial charge in [-0.1, -0.05) is 18.7 Å². The van der Waals surface area contributed by atoms with E-state index in [4.69, 9.17) is 4.74 Å². The predicted octanol–water partition coefficient (Wildman–Crippen LogP) is 2.96. The fraction of sp³-hybridized carbons (Fsp3) is 0.400.